The van der Waals surface area contributed by atoms with Gasteiger partial charge in [0.1, 0.15) is 0 Å². The zero-order chi connectivity index (χ0) is 13.3. The Hall–Kier alpha value is -0.930. The zero-order valence-electron chi connectivity index (χ0n) is 12.1. The maximum atomic E-state index is 4.32. The Labute approximate surface area is 117 Å². The standard InChI is InChI=1S/C16H27N3/c1-2-15-6-5-11-19(12-8-15)13-10-17-14-16-7-3-4-9-18-16/h3-4,7,9,15,17H,2,5-6,8,10-14H2,1H3. The molecule has 1 fully saturated rings. The maximum Gasteiger partial charge on any atom is 0.0541 e. The van der Waals surface area contributed by atoms with E-state index in [0.717, 1.165) is 24.7 Å². The monoisotopic (exact) mass is 261 g/mol. The van der Waals surface area contributed by atoms with Gasteiger partial charge in [-0.1, -0.05) is 19.4 Å². The van der Waals surface area contributed by atoms with Crippen molar-refractivity contribution in [3.8, 4) is 0 Å². The van der Waals surface area contributed by atoms with Gasteiger partial charge in [0.05, 0.1) is 5.69 Å². The number of pyridine rings is 1. The second-order valence-electron chi connectivity index (χ2n) is 5.54. The molecule has 2 heterocycles. The normalized spacial score (nSPS) is 21.2. The topological polar surface area (TPSA) is 28.2 Å². The summed E-state index contributed by atoms with van der Waals surface area (Å²) in [6.45, 7) is 8.00. The van der Waals surface area contributed by atoms with Crippen molar-refractivity contribution in [2.24, 2.45) is 5.92 Å². The van der Waals surface area contributed by atoms with Gasteiger partial charge >= 0.3 is 0 Å². The lowest BCUT2D eigenvalue weighted by molar-refractivity contribution is 0.279. The highest BCUT2D eigenvalue weighted by atomic mass is 15.1. The van der Waals surface area contributed by atoms with Gasteiger partial charge in [-0.05, 0) is 50.4 Å². The van der Waals surface area contributed by atoms with Crippen LogP contribution in [0.3, 0.4) is 0 Å². The zero-order valence-corrected chi connectivity index (χ0v) is 12.1. The van der Waals surface area contributed by atoms with Crippen molar-refractivity contribution < 1.29 is 0 Å². The summed E-state index contributed by atoms with van der Waals surface area (Å²) in [7, 11) is 0. The first kappa shape index (κ1) is 14.5. The molecule has 106 valence electrons. The van der Waals surface area contributed by atoms with E-state index in [1.807, 2.05) is 18.3 Å². The quantitative estimate of drug-likeness (QED) is 0.798. The molecule has 19 heavy (non-hydrogen) atoms. The molecular formula is C16H27N3. The minimum Gasteiger partial charge on any atom is -0.310 e. The summed E-state index contributed by atoms with van der Waals surface area (Å²) in [5, 5.41) is 3.49. The lowest BCUT2D eigenvalue weighted by Crippen LogP contribution is -2.32. The summed E-state index contributed by atoms with van der Waals surface area (Å²) in [6, 6.07) is 6.08. The number of rotatable bonds is 6. The Kier molecular flexibility index (Phi) is 6.31. The van der Waals surface area contributed by atoms with Gasteiger partial charge in [0.2, 0.25) is 0 Å². The first-order valence-corrected chi connectivity index (χ1v) is 7.71. The van der Waals surface area contributed by atoms with Crippen LogP contribution in [0.15, 0.2) is 24.4 Å². The van der Waals surface area contributed by atoms with Gasteiger partial charge < -0.3 is 10.2 Å². The molecule has 1 aromatic rings. The predicted molar refractivity (Wildman–Crippen MR) is 80.0 cm³/mol. The lowest BCUT2D eigenvalue weighted by atomic mass is 9.98. The molecule has 0 aliphatic carbocycles. The van der Waals surface area contributed by atoms with Crippen molar-refractivity contribution in [3.63, 3.8) is 0 Å². The molecule has 1 aliphatic rings. The minimum atomic E-state index is 0.881. The number of aromatic nitrogens is 1. The Morgan fingerprint density at radius 1 is 1.32 bits per heavy atom. The first-order chi connectivity index (χ1) is 9.38. The molecule has 0 bridgehead atoms. The molecule has 1 saturated heterocycles. The SMILES string of the molecule is CCC1CCCN(CCNCc2ccccn2)CC1. The molecule has 0 spiro atoms. The van der Waals surface area contributed by atoms with Crippen molar-refractivity contribution in [1.29, 1.82) is 0 Å². The Morgan fingerprint density at radius 3 is 3.05 bits per heavy atom. The molecule has 0 saturated carbocycles. The molecule has 0 aromatic carbocycles. The highest BCUT2D eigenvalue weighted by Gasteiger charge is 2.14. The third-order valence-corrected chi connectivity index (χ3v) is 4.15. The number of nitrogens with one attached hydrogen (secondary N) is 1. The van der Waals surface area contributed by atoms with Crippen molar-refractivity contribution >= 4 is 0 Å². The second kappa shape index (κ2) is 8.28. The average molecular weight is 261 g/mol. The Morgan fingerprint density at radius 2 is 2.26 bits per heavy atom. The lowest BCUT2D eigenvalue weighted by Gasteiger charge is -2.20. The van der Waals surface area contributed by atoms with Gasteiger partial charge in [0.25, 0.3) is 0 Å². The van der Waals surface area contributed by atoms with Crippen LogP contribution in [0.5, 0.6) is 0 Å². The van der Waals surface area contributed by atoms with Gasteiger partial charge in [-0.25, -0.2) is 0 Å². The molecule has 1 aliphatic heterocycles. The maximum absolute atomic E-state index is 4.32. The minimum absolute atomic E-state index is 0.881. The van der Waals surface area contributed by atoms with E-state index in [9.17, 15) is 0 Å². The molecule has 1 atom stereocenters. The fraction of sp³-hybridized carbons (Fsp3) is 0.688. The van der Waals surface area contributed by atoms with E-state index in [0.29, 0.717) is 0 Å². The smallest absolute Gasteiger partial charge is 0.0541 e. The van der Waals surface area contributed by atoms with Crippen molar-refractivity contribution in [3.05, 3.63) is 30.1 Å². The number of nitrogens with zero attached hydrogens (tertiary/aromatic N) is 2. The fourth-order valence-electron chi connectivity index (χ4n) is 2.81. The van der Waals surface area contributed by atoms with Crippen molar-refractivity contribution in [2.75, 3.05) is 26.2 Å². The van der Waals surface area contributed by atoms with Crippen LogP contribution in [-0.2, 0) is 6.54 Å². The van der Waals surface area contributed by atoms with Crippen LogP contribution in [0.4, 0.5) is 0 Å². The molecule has 0 radical (unpaired) electrons. The van der Waals surface area contributed by atoms with E-state index in [1.165, 1.54) is 45.3 Å². The highest BCUT2D eigenvalue weighted by Crippen LogP contribution is 2.19. The van der Waals surface area contributed by atoms with E-state index in [4.69, 9.17) is 0 Å². The van der Waals surface area contributed by atoms with Crippen LogP contribution in [0.1, 0.15) is 38.3 Å². The molecule has 0 amide bonds. The Bertz CT molecular complexity index is 339. The first-order valence-electron chi connectivity index (χ1n) is 7.71. The third-order valence-electron chi connectivity index (χ3n) is 4.15. The van der Waals surface area contributed by atoms with Crippen molar-refractivity contribution in [2.45, 2.75) is 39.2 Å². The van der Waals surface area contributed by atoms with E-state index in [1.54, 1.807) is 0 Å². The van der Waals surface area contributed by atoms with Crippen molar-refractivity contribution in [1.82, 2.24) is 15.2 Å². The summed E-state index contributed by atoms with van der Waals surface area (Å²) in [4.78, 5) is 6.94. The van der Waals surface area contributed by atoms with E-state index < -0.39 is 0 Å². The molecule has 1 unspecified atom stereocenters. The van der Waals surface area contributed by atoms with E-state index in [-0.39, 0.29) is 0 Å². The van der Waals surface area contributed by atoms with E-state index >= 15 is 0 Å². The summed E-state index contributed by atoms with van der Waals surface area (Å²) in [6.07, 6.45) is 7.40. The largest absolute Gasteiger partial charge is 0.310 e. The summed E-state index contributed by atoms with van der Waals surface area (Å²) in [5.41, 5.74) is 1.13. The van der Waals surface area contributed by atoms with Gasteiger partial charge in [0, 0.05) is 25.8 Å². The van der Waals surface area contributed by atoms with Gasteiger partial charge in [-0.3, -0.25) is 4.98 Å². The fourth-order valence-corrected chi connectivity index (χ4v) is 2.81. The van der Waals surface area contributed by atoms with Gasteiger partial charge in [-0.2, -0.15) is 0 Å². The molecule has 3 heteroatoms. The second-order valence-corrected chi connectivity index (χ2v) is 5.54. The van der Waals surface area contributed by atoms with Gasteiger partial charge in [-0.15, -0.1) is 0 Å². The number of hydrogen-bond donors (Lipinski definition) is 1. The molecule has 3 nitrogen and oxygen atoms in total. The molecule has 1 aromatic heterocycles. The highest BCUT2D eigenvalue weighted by molar-refractivity contribution is 5.02. The van der Waals surface area contributed by atoms with Crippen LogP contribution < -0.4 is 5.32 Å². The van der Waals surface area contributed by atoms with E-state index in [2.05, 4.69) is 28.2 Å². The molecule has 1 N–H and O–H groups in total. The molecular weight excluding hydrogens is 234 g/mol. The average Bonchev–Trinajstić information content (AvgIpc) is 2.70. The van der Waals surface area contributed by atoms with Crippen LogP contribution in [0.2, 0.25) is 0 Å². The van der Waals surface area contributed by atoms with Crippen LogP contribution in [-0.4, -0.2) is 36.1 Å². The summed E-state index contributed by atoms with van der Waals surface area (Å²) < 4.78 is 0. The van der Waals surface area contributed by atoms with Crippen LogP contribution in [0, 0.1) is 5.92 Å². The molecule has 2 rings (SSSR count). The number of hydrogen-bond acceptors (Lipinski definition) is 3. The predicted octanol–water partition coefficient (Wildman–Crippen LogP) is 2.68. The van der Waals surface area contributed by atoms with Crippen LogP contribution in [0.25, 0.3) is 0 Å². The Balaban J connectivity index is 1.60. The summed E-state index contributed by atoms with van der Waals surface area (Å²) >= 11 is 0. The van der Waals surface area contributed by atoms with Gasteiger partial charge in [0.15, 0.2) is 0 Å². The third kappa shape index (κ3) is 5.29. The van der Waals surface area contributed by atoms with Crippen LogP contribution >= 0.6 is 0 Å². The summed E-state index contributed by atoms with van der Waals surface area (Å²) in [5.74, 6) is 0.964. The number of likely N-dealkylation sites (tertiary alicyclic amines) is 1.